The molecule has 0 saturated heterocycles. The second-order valence-corrected chi connectivity index (χ2v) is 11.1. The number of nitrogens with one attached hydrogen (secondary N) is 3. The highest BCUT2D eigenvalue weighted by molar-refractivity contribution is 6.36. The van der Waals surface area contributed by atoms with Gasteiger partial charge in [0.15, 0.2) is 5.54 Å². The number of ether oxygens (including phenoxy) is 1. The molecule has 0 heterocycles. The van der Waals surface area contributed by atoms with Gasteiger partial charge >= 0.3 is 24.1 Å². The zero-order valence-corrected chi connectivity index (χ0v) is 22.2. The fraction of sp³-hybridized carbons (Fsp3) is 0.583. The Labute approximate surface area is 219 Å². The Balaban J connectivity index is 2.01. The molecular formula is C24H31Cl2N3O7. The van der Waals surface area contributed by atoms with Gasteiger partial charge in [-0.1, -0.05) is 37.0 Å². The lowest BCUT2D eigenvalue weighted by Crippen LogP contribution is -2.66. The quantitative estimate of drug-likeness (QED) is 0.336. The SMILES string of the molecule is CCC1C(NC(=O)Nc2ccc(Cl)cc2Cl)C2C(C(=O)O)C2(CC)C1(NC(=O)OC(C)(C)C)C(=O)O. The lowest BCUT2D eigenvalue weighted by atomic mass is 9.70. The number of hydrogen-bond acceptors (Lipinski definition) is 5. The molecule has 6 unspecified atom stereocenters. The predicted molar refractivity (Wildman–Crippen MR) is 133 cm³/mol. The van der Waals surface area contributed by atoms with Crippen molar-refractivity contribution in [3.05, 3.63) is 28.2 Å². The predicted octanol–water partition coefficient (Wildman–Crippen LogP) is 4.60. The van der Waals surface area contributed by atoms with E-state index in [9.17, 15) is 29.4 Å². The van der Waals surface area contributed by atoms with E-state index in [4.69, 9.17) is 27.9 Å². The van der Waals surface area contributed by atoms with Gasteiger partial charge in [-0.15, -0.1) is 0 Å². The van der Waals surface area contributed by atoms with Crippen LogP contribution < -0.4 is 16.0 Å². The van der Waals surface area contributed by atoms with E-state index in [2.05, 4.69) is 16.0 Å². The van der Waals surface area contributed by atoms with Gasteiger partial charge in [0.25, 0.3) is 0 Å². The van der Waals surface area contributed by atoms with Crippen LogP contribution in [0.3, 0.4) is 0 Å². The standard InChI is InChI=1S/C24H31Cl2N3O7/c1-6-12-17(28-20(34)27-14-9-8-11(25)10-13(14)26)15-16(18(30)31)23(15,7-2)24(12,19(32)33)29-21(35)36-22(3,4)5/h8-10,12,15-17H,6-7H2,1-5H3,(H,29,35)(H,30,31)(H,32,33)(H2,27,28,34). The number of halogens is 2. The number of anilines is 1. The summed E-state index contributed by atoms with van der Waals surface area (Å²) in [7, 11) is 0. The lowest BCUT2D eigenvalue weighted by Gasteiger charge is -2.42. The molecule has 36 heavy (non-hydrogen) atoms. The highest BCUT2D eigenvalue weighted by Gasteiger charge is 2.88. The van der Waals surface area contributed by atoms with E-state index >= 15 is 0 Å². The number of urea groups is 1. The highest BCUT2D eigenvalue weighted by Crippen LogP contribution is 2.76. The van der Waals surface area contributed by atoms with Crippen LogP contribution in [0.4, 0.5) is 15.3 Å². The molecule has 0 bridgehead atoms. The molecule has 2 aliphatic rings. The maximum Gasteiger partial charge on any atom is 0.408 e. The summed E-state index contributed by atoms with van der Waals surface area (Å²) in [6, 6.07) is 2.94. The van der Waals surface area contributed by atoms with Gasteiger partial charge in [-0.05, 0) is 51.8 Å². The van der Waals surface area contributed by atoms with Gasteiger partial charge in [-0.2, -0.15) is 0 Å². The van der Waals surface area contributed by atoms with Crippen LogP contribution in [-0.4, -0.2) is 51.5 Å². The Bertz CT molecular complexity index is 1090. The van der Waals surface area contributed by atoms with Gasteiger partial charge in [0, 0.05) is 28.3 Å². The van der Waals surface area contributed by atoms with Gasteiger partial charge in [0.05, 0.1) is 16.6 Å². The maximum atomic E-state index is 13.0. The van der Waals surface area contributed by atoms with Crippen molar-refractivity contribution < 1.29 is 34.1 Å². The first-order valence-corrected chi connectivity index (χ1v) is 12.4. The van der Waals surface area contributed by atoms with Gasteiger partial charge in [-0.25, -0.2) is 14.4 Å². The van der Waals surface area contributed by atoms with Crippen LogP contribution in [0, 0.1) is 23.2 Å². The number of alkyl carbamates (subject to hydrolysis) is 1. The molecule has 0 aliphatic heterocycles. The van der Waals surface area contributed by atoms with Crippen molar-refractivity contribution in [2.24, 2.45) is 23.2 Å². The molecular weight excluding hydrogens is 513 g/mol. The molecule has 2 aliphatic carbocycles. The Hall–Kier alpha value is -2.72. The summed E-state index contributed by atoms with van der Waals surface area (Å²) >= 11 is 12.0. The Morgan fingerprint density at radius 1 is 1.11 bits per heavy atom. The second-order valence-electron chi connectivity index (χ2n) is 10.2. The van der Waals surface area contributed by atoms with Crippen LogP contribution in [0.15, 0.2) is 18.2 Å². The fourth-order valence-corrected chi connectivity index (χ4v) is 6.67. The zero-order chi connectivity index (χ0) is 27.2. The van der Waals surface area contributed by atoms with Crippen LogP contribution in [0.25, 0.3) is 0 Å². The topological polar surface area (TPSA) is 154 Å². The first kappa shape index (κ1) is 27.9. The molecule has 1 aromatic rings. The maximum absolute atomic E-state index is 13.0. The monoisotopic (exact) mass is 543 g/mol. The summed E-state index contributed by atoms with van der Waals surface area (Å²) in [5, 5.41) is 29.0. The molecule has 12 heteroatoms. The van der Waals surface area contributed by atoms with Crippen LogP contribution in [0.5, 0.6) is 0 Å². The van der Waals surface area contributed by atoms with Crippen molar-refractivity contribution >= 4 is 53.0 Å². The van der Waals surface area contributed by atoms with Gasteiger partial charge in [0.2, 0.25) is 0 Å². The van der Waals surface area contributed by atoms with Crippen LogP contribution in [-0.2, 0) is 14.3 Å². The largest absolute Gasteiger partial charge is 0.481 e. The van der Waals surface area contributed by atoms with Crippen molar-refractivity contribution in [3.8, 4) is 0 Å². The summed E-state index contributed by atoms with van der Waals surface area (Å²) in [5.41, 5.74) is -3.96. The van der Waals surface area contributed by atoms with E-state index in [-0.39, 0.29) is 23.6 Å². The first-order chi connectivity index (χ1) is 16.7. The Morgan fingerprint density at radius 3 is 2.22 bits per heavy atom. The molecule has 3 rings (SSSR count). The number of carboxylic acids is 2. The zero-order valence-electron chi connectivity index (χ0n) is 20.6. The number of benzene rings is 1. The minimum Gasteiger partial charge on any atom is -0.481 e. The number of rotatable bonds is 7. The van der Waals surface area contributed by atoms with Crippen LogP contribution in [0.2, 0.25) is 10.0 Å². The van der Waals surface area contributed by atoms with E-state index in [0.717, 1.165) is 0 Å². The van der Waals surface area contributed by atoms with Crippen molar-refractivity contribution in [1.82, 2.24) is 10.6 Å². The number of fused-ring (bicyclic) bond motifs is 1. The molecule has 1 aromatic carbocycles. The first-order valence-electron chi connectivity index (χ1n) is 11.7. The average Bonchev–Trinajstić information content (AvgIpc) is 3.38. The van der Waals surface area contributed by atoms with E-state index < -0.39 is 64.4 Å². The summed E-state index contributed by atoms with van der Waals surface area (Å²) in [6.45, 7) is 8.33. The van der Waals surface area contributed by atoms with Crippen LogP contribution >= 0.6 is 23.2 Å². The number of carbonyl (C=O) groups is 4. The third kappa shape index (κ3) is 4.45. The van der Waals surface area contributed by atoms with Crippen molar-refractivity contribution in [1.29, 1.82) is 0 Å². The van der Waals surface area contributed by atoms with E-state index in [0.29, 0.717) is 5.02 Å². The molecule has 0 aromatic heterocycles. The number of carboxylic acid groups (broad SMARTS) is 2. The average molecular weight is 544 g/mol. The van der Waals surface area contributed by atoms with Gasteiger partial charge < -0.3 is 30.9 Å². The van der Waals surface area contributed by atoms with Crippen molar-refractivity contribution in [2.45, 2.75) is 64.6 Å². The van der Waals surface area contributed by atoms with Gasteiger partial charge in [0.1, 0.15) is 5.60 Å². The second kappa shape index (κ2) is 9.63. The van der Waals surface area contributed by atoms with Crippen molar-refractivity contribution in [3.63, 3.8) is 0 Å². The smallest absolute Gasteiger partial charge is 0.408 e. The molecule has 5 N–H and O–H groups in total. The Morgan fingerprint density at radius 2 is 1.75 bits per heavy atom. The molecule has 0 spiro atoms. The normalized spacial score (nSPS) is 30.6. The third-order valence-corrected chi connectivity index (χ3v) is 7.86. The molecule has 0 radical (unpaired) electrons. The summed E-state index contributed by atoms with van der Waals surface area (Å²) in [6.07, 6.45) is -0.584. The molecule has 198 valence electrons. The van der Waals surface area contributed by atoms with Crippen LogP contribution in [0.1, 0.15) is 47.5 Å². The minimum atomic E-state index is -1.98. The number of hydrogen-bond donors (Lipinski definition) is 5. The van der Waals surface area contributed by atoms with Crippen molar-refractivity contribution in [2.75, 3.05) is 5.32 Å². The number of carbonyl (C=O) groups excluding carboxylic acids is 2. The number of aliphatic carboxylic acids is 2. The molecule has 2 saturated carbocycles. The fourth-order valence-electron chi connectivity index (χ4n) is 6.21. The van der Waals surface area contributed by atoms with E-state index in [1.807, 2.05) is 0 Å². The number of amides is 3. The molecule has 3 amide bonds. The molecule has 2 fully saturated rings. The molecule has 10 nitrogen and oxygen atoms in total. The molecule has 6 atom stereocenters. The highest BCUT2D eigenvalue weighted by atomic mass is 35.5. The minimum absolute atomic E-state index is 0.149. The summed E-state index contributed by atoms with van der Waals surface area (Å²) < 4.78 is 5.35. The van der Waals surface area contributed by atoms with Gasteiger partial charge in [-0.3, -0.25) is 4.79 Å². The Kier molecular flexibility index (Phi) is 7.45. The third-order valence-electron chi connectivity index (χ3n) is 7.31. The summed E-state index contributed by atoms with van der Waals surface area (Å²) in [4.78, 5) is 51.0. The van der Waals surface area contributed by atoms with E-state index in [1.165, 1.54) is 18.2 Å². The lowest BCUT2D eigenvalue weighted by molar-refractivity contribution is -0.153. The van der Waals surface area contributed by atoms with E-state index in [1.54, 1.807) is 34.6 Å². The summed E-state index contributed by atoms with van der Waals surface area (Å²) in [5.74, 6) is -5.22.